The largest absolute Gasteiger partial charge is 0.339 e. The lowest BCUT2D eigenvalue weighted by atomic mass is 10.1. The molecule has 0 bridgehead atoms. The third-order valence-electron chi connectivity index (χ3n) is 4.24. The van der Waals surface area contributed by atoms with Crippen LogP contribution in [0.1, 0.15) is 54.0 Å². The minimum atomic E-state index is 0.0382. The Morgan fingerprint density at radius 3 is 2.87 bits per heavy atom. The molecule has 3 rings (SSSR count). The van der Waals surface area contributed by atoms with Crippen molar-refractivity contribution in [3.05, 3.63) is 29.2 Å². The molecule has 124 valence electrons. The van der Waals surface area contributed by atoms with Gasteiger partial charge in [0.1, 0.15) is 0 Å². The first-order chi connectivity index (χ1) is 11.0. The fraction of sp³-hybridized carbons (Fsp3) is 0.625. The third kappa shape index (κ3) is 3.13. The quantitative estimate of drug-likeness (QED) is 0.863. The standard InChI is InChI=1S/C16H23N5O2/c1-10(2)8-21-11(3)14(7-17-21)16(22)20-6-5-13(9-20)15-18-12(4)19-23-15/h7,10,13H,5-6,8-9H2,1-4H3/t13-/m0/s1. The van der Waals surface area contributed by atoms with Crippen LogP contribution in [0.5, 0.6) is 0 Å². The van der Waals surface area contributed by atoms with E-state index in [9.17, 15) is 4.79 Å². The van der Waals surface area contributed by atoms with Gasteiger partial charge in [-0.3, -0.25) is 9.48 Å². The van der Waals surface area contributed by atoms with Crippen LogP contribution in [0.25, 0.3) is 0 Å². The van der Waals surface area contributed by atoms with Crippen molar-refractivity contribution in [2.75, 3.05) is 13.1 Å². The Hall–Kier alpha value is -2.18. The second kappa shape index (κ2) is 6.14. The molecule has 2 aromatic heterocycles. The summed E-state index contributed by atoms with van der Waals surface area (Å²) in [6.45, 7) is 10.2. The van der Waals surface area contributed by atoms with E-state index in [0.717, 1.165) is 18.7 Å². The maximum atomic E-state index is 12.8. The number of aromatic nitrogens is 4. The van der Waals surface area contributed by atoms with Gasteiger partial charge in [-0.05, 0) is 26.2 Å². The molecule has 0 N–H and O–H groups in total. The van der Waals surface area contributed by atoms with Crippen LogP contribution < -0.4 is 0 Å². The fourth-order valence-corrected chi connectivity index (χ4v) is 2.98. The molecule has 0 radical (unpaired) electrons. The number of hydrogen-bond acceptors (Lipinski definition) is 5. The number of nitrogens with zero attached hydrogens (tertiary/aromatic N) is 5. The van der Waals surface area contributed by atoms with Gasteiger partial charge in [0.05, 0.1) is 17.7 Å². The molecule has 0 aliphatic carbocycles. The van der Waals surface area contributed by atoms with Crippen LogP contribution in [0.4, 0.5) is 0 Å². The van der Waals surface area contributed by atoms with E-state index in [1.165, 1.54) is 0 Å². The van der Waals surface area contributed by atoms with E-state index in [0.29, 0.717) is 36.3 Å². The Morgan fingerprint density at radius 2 is 2.22 bits per heavy atom. The number of rotatable bonds is 4. The van der Waals surface area contributed by atoms with Crippen LogP contribution in [-0.2, 0) is 6.54 Å². The first kappa shape index (κ1) is 15.7. The molecule has 0 unspecified atom stereocenters. The highest BCUT2D eigenvalue weighted by molar-refractivity contribution is 5.95. The average molecular weight is 317 g/mol. The summed E-state index contributed by atoms with van der Waals surface area (Å²) in [7, 11) is 0. The maximum absolute atomic E-state index is 12.8. The van der Waals surface area contributed by atoms with Crippen LogP contribution in [0.15, 0.2) is 10.7 Å². The molecule has 1 amide bonds. The summed E-state index contributed by atoms with van der Waals surface area (Å²) >= 11 is 0. The summed E-state index contributed by atoms with van der Waals surface area (Å²) in [6, 6.07) is 0. The summed E-state index contributed by atoms with van der Waals surface area (Å²) in [5, 5.41) is 8.19. The molecular weight excluding hydrogens is 294 g/mol. The highest BCUT2D eigenvalue weighted by atomic mass is 16.5. The van der Waals surface area contributed by atoms with E-state index in [2.05, 4.69) is 29.1 Å². The van der Waals surface area contributed by atoms with Gasteiger partial charge in [-0.25, -0.2) is 0 Å². The van der Waals surface area contributed by atoms with E-state index in [4.69, 9.17) is 4.52 Å². The van der Waals surface area contributed by atoms with Gasteiger partial charge in [-0.1, -0.05) is 19.0 Å². The monoisotopic (exact) mass is 317 g/mol. The van der Waals surface area contributed by atoms with Crippen molar-refractivity contribution in [1.82, 2.24) is 24.8 Å². The Morgan fingerprint density at radius 1 is 1.43 bits per heavy atom. The van der Waals surface area contributed by atoms with Gasteiger partial charge >= 0.3 is 0 Å². The molecule has 7 heteroatoms. The number of likely N-dealkylation sites (tertiary alicyclic amines) is 1. The molecule has 2 aromatic rings. The highest BCUT2D eigenvalue weighted by Crippen LogP contribution is 2.27. The molecule has 1 fully saturated rings. The number of hydrogen-bond donors (Lipinski definition) is 0. The predicted molar refractivity (Wildman–Crippen MR) is 84.1 cm³/mol. The van der Waals surface area contributed by atoms with E-state index in [-0.39, 0.29) is 11.8 Å². The number of carbonyl (C=O) groups excluding carboxylic acids is 1. The number of amides is 1. The van der Waals surface area contributed by atoms with E-state index in [1.54, 1.807) is 13.1 Å². The zero-order valence-corrected chi connectivity index (χ0v) is 14.1. The third-order valence-corrected chi connectivity index (χ3v) is 4.24. The Labute approximate surface area is 135 Å². The summed E-state index contributed by atoms with van der Waals surface area (Å²) in [5.74, 6) is 1.93. The van der Waals surface area contributed by atoms with Crippen LogP contribution in [0.3, 0.4) is 0 Å². The van der Waals surface area contributed by atoms with Crippen molar-refractivity contribution in [3.63, 3.8) is 0 Å². The van der Waals surface area contributed by atoms with E-state index in [1.807, 2.05) is 16.5 Å². The summed E-state index contributed by atoms with van der Waals surface area (Å²) in [4.78, 5) is 18.9. The van der Waals surface area contributed by atoms with Crippen molar-refractivity contribution in [2.24, 2.45) is 5.92 Å². The molecule has 7 nitrogen and oxygen atoms in total. The second-order valence-electron chi connectivity index (χ2n) is 6.64. The maximum Gasteiger partial charge on any atom is 0.257 e. The normalized spacial score (nSPS) is 18.1. The van der Waals surface area contributed by atoms with Crippen molar-refractivity contribution >= 4 is 5.91 Å². The van der Waals surface area contributed by atoms with Gasteiger partial charge in [0.2, 0.25) is 5.89 Å². The van der Waals surface area contributed by atoms with Crippen LogP contribution in [-0.4, -0.2) is 43.8 Å². The van der Waals surface area contributed by atoms with Crippen LogP contribution in [0, 0.1) is 19.8 Å². The molecule has 1 aliphatic rings. The lowest BCUT2D eigenvalue weighted by Gasteiger charge is -2.15. The minimum absolute atomic E-state index is 0.0382. The molecule has 0 saturated carbocycles. The topological polar surface area (TPSA) is 77.0 Å². The fourth-order valence-electron chi connectivity index (χ4n) is 2.98. The first-order valence-corrected chi connectivity index (χ1v) is 8.07. The van der Waals surface area contributed by atoms with Crippen molar-refractivity contribution in [1.29, 1.82) is 0 Å². The van der Waals surface area contributed by atoms with Gasteiger partial charge in [0.25, 0.3) is 5.91 Å². The van der Waals surface area contributed by atoms with Gasteiger partial charge in [-0.2, -0.15) is 10.1 Å². The molecule has 0 spiro atoms. The molecule has 1 atom stereocenters. The van der Waals surface area contributed by atoms with Crippen molar-refractivity contribution in [2.45, 2.75) is 46.6 Å². The Kier molecular flexibility index (Phi) is 4.19. The van der Waals surface area contributed by atoms with Crippen molar-refractivity contribution in [3.8, 4) is 0 Å². The summed E-state index contributed by atoms with van der Waals surface area (Å²) in [5.41, 5.74) is 1.62. The van der Waals surface area contributed by atoms with Gasteiger partial charge in [0, 0.05) is 25.3 Å². The van der Waals surface area contributed by atoms with Crippen LogP contribution >= 0.6 is 0 Å². The smallest absolute Gasteiger partial charge is 0.257 e. The molecule has 0 aromatic carbocycles. The van der Waals surface area contributed by atoms with Gasteiger partial charge in [-0.15, -0.1) is 0 Å². The zero-order valence-electron chi connectivity index (χ0n) is 14.1. The van der Waals surface area contributed by atoms with Crippen LogP contribution in [0.2, 0.25) is 0 Å². The van der Waals surface area contributed by atoms with E-state index < -0.39 is 0 Å². The molecule has 1 aliphatic heterocycles. The molecule has 23 heavy (non-hydrogen) atoms. The van der Waals surface area contributed by atoms with Crippen molar-refractivity contribution < 1.29 is 9.32 Å². The minimum Gasteiger partial charge on any atom is -0.339 e. The molecule has 1 saturated heterocycles. The lowest BCUT2D eigenvalue weighted by molar-refractivity contribution is 0.0788. The first-order valence-electron chi connectivity index (χ1n) is 8.07. The molecular formula is C16H23N5O2. The number of aryl methyl sites for hydroxylation is 1. The summed E-state index contributed by atoms with van der Waals surface area (Å²) < 4.78 is 7.15. The lowest BCUT2D eigenvalue weighted by Crippen LogP contribution is -2.29. The van der Waals surface area contributed by atoms with Gasteiger partial charge in [0.15, 0.2) is 5.82 Å². The zero-order chi connectivity index (χ0) is 16.6. The summed E-state index contributed by atoms with van der Waals surface area (Å²) in [6.07, 6.45) is 2.54. The predicted octanol–water partition coefficient (Wildman–Crippen LogP) is 2.17. The van der Waals surface area contributed by atoms with Gasteiger partial charge < -0.3 is 9.42 Å². The molecule has 3 heterocycles. The second-order valence-corrected chi connectivity index (χ2v) is 6.64. The average Bonchev–Trinajstić information content (AvgIpc) is 3.19. The highest BCUT2D eigenvalue weighted by Gasteiger charge is 2.32. The Balaban J connectivity index is 1.71. The van der Waals surface area contributed by atoms with E-state index >= 15 is 0 Å². The SMILES string of the molecule is Cc1noc([C@H]2CCN(C(=O)c3cnn(CC(C)C)c3C)C2)n1. The number of carbonyl (C=O) groups is 1. The Bertz CT molecular complexity index is 703.